The van der Waals surface area contributed by atoms with Gasteiger partial charge >= 0.3 is 5.63 Å². The number of benzene rings is 2. The van der Waals surface area contributed by atoms with Crippen molar-refractivity contribution >= 4 is 40.3 Å². The largest absolute Gasteiger partial charge is 0.508 e. The highest BCUT2D eigenvalue weighted by atomic mass is 16.4. The quantitative estimate of drug-likeness (QED) is 0.0706. The Morgan fingerprint density at radius 1 is 0.880 bits per heavy atom. The van der Waals surface area contributed by atoms with Crippen molar-refractivity contribution in [3.8, 4) is 5.75 Å². The Labute approximate surface area is 290 Å². The van der Waals surface area contributed by atoms with E-state index in [-0.39, 0.29) is 37.0 Å². The second-order valence-corrected chi connectivity index (χ2v) is 12.6. The monoisotopic (exact) mass is 696 g/mol. The lowest BCUT2D eigenvalue weighted by atomic mass is 10.00. The average molecular weight is 697 g/mol. The molecule has 2 aromatic carbocycles. The normalized spacial score (nSPS) is 14.9. The molecule has 15 heteroatoms. The van der Waals surface area contributed by atoms with Crippen LogP contribution in [0.4, 0.5) is 5.69 Å². The van der Waals surface area contributed by atoms with Crippen LogP contribution in [-0.4, -0.2) is 82.1 Å². The van der Waals surface area contributed by atoms with Gasteiger partial charge in [0.15, 0.2) is 0 Å². The molecule has 3 aromatic rings. The Morgan fingerprint density at radius 2 is 1.56 bits per heavy atom. The number of aliphatic hydroxyl groups is 2. The molecule has 15 nitrogen and oxygen atoms in total. The molecule has 0 aliphatic heterocycles. The molecule has 1 aromatic heterocycles. The van der Waals surface area contributed by atoms with Gasteiger partial charge < -0.3 is 46.3 Å². The van der Waals surface area contributed by atoms with Crippen molar-refractivity contribution in [2.45, 2.75) is 91.0 Å². The number of nitrogens with one attached hydrogen (secondary N) is 6. The lowest BCUT2D eigenvalue weighted by Crippen LogP contribution is -2.60. The van der Waals surface area contributed by atoms with Gasteiger partial charge in [0, 0.05) is 30.1 Å². The molecule has 6 unspecified atom stereocenters. The molecular weight excluding hydrogens is 648 g/mol. The van der Waals surface area contributed by atoms with Gasteiger partial charge in [0.1, 0.15) is 35.9 Å². The van der Waals surface area contributed by atoms with E-state index in [0.717, 1.165) is 16.5 Å². The molecule has 3 rings (SSSR count). The summed E-state index contributed by atoms with van der Waals surface area (Å²) >= 11 is 0. The third-order valence-electron chi connectivity index (χ3n) is 8.01. The van der Waals surface area contributed by atoms with Gasteiger partial charge in [-0.3, -0.25) is 24.5 Å². The van der Waals surface area contributed by atoms with E-state index in [1.807, 2.05) is 0 Å². The zero-order chi connectivity index (χ0) is 37.1. The fourth-order valence-electron chi connectivity index (χ4n) is 5.26. The number of hydrogen-bond acceptors (Lipinski definition) is 11. The molecule has 272 valence electrons. The van der Waals surface area contributed by atoms with Crippen molar-refractivity contribution in [2.75, 3.05) is 11.9 Å². The van der Waals surface area contributed by atoms with Crippen molar-refractivity contribution in [1.29, 1.82) is 0 Å². The summed E-state index contributed by atoms with van der Waals surface area (Å²) in [5, 5.41) is 48.0. The van der Waals surface area contributed by atoms with Crippen LogP contribution in [0, 0.1) is 12.8 Å². The third-order valence-corrected chi connectivity index (χ3v) is 8.01. The molecule has 0 aliphatic carbocycles. The van der Waals surface area contributed by atoms with Crippen molar-refractivity contribution in [3.63, 3.8) is 0 Å². The number of aryl methyl sites for hydroxylation is 1. The first kappa shape index (κ1) is 39.4. The summed E-state index contributed by atoms with van der Waals surface area (Å²) in [6.07, 6.45) is -2.13. The van der Waals surface area contributed by atoms with E-state index in [9.17, 15) is 39.3 Å². The number of anilines is 1. The zero-order valence-electron chi connectivity index (χ0n) is 29.1. The number of amides is 4. The maximum Gasteiger partial charge on any atom is 0.336 e. The molecule has 9 N–H and O–H groups in total. The predicted molar refractivity (Wildman–Crippen MR) is 187 cm³/mol. The fraction of sp³-hybridized carbons (Fsp3) is 0.457. The maximum atomic E-state index is 13.3. The van der Waals surface area contributed by atoms with Crippen molar-refractivity contribution < 1.29 is 38.9 Å². The first-order valence-corrected chi connectivity index (χ1v) is 16.4. The predicted octanol–water partition coefficient (Wildman–Crippen LogP) is 0.733. The average Bonchev–Trinajstić information content (AvgIpc) is 3.04. The van der Waals surface area contributed by atoms with Crippen molar-refractivity contribution in [3.05, 3.63) is 70.1 Å². The van der Waals surface area contributed by atoms with Crippen LogP contribution in [0.25, 0.3) is 11.0 Å². The molecule has 6 atom stereocenters. The standard InChI is InChI=1S/C35H48N6O9/c1-7-26(33(47)36-17-29(44)39-23-10-13-25-19(4)14-30(45)50-28(25)16-23)40-32(46)20(5)37-35(49)31(18(2)3)41-34(48)27(38-21(6)42)15-22-8-11-24(43)12-9-22/h8-14,16,18,20,26-27,29,31,34,39,41,43-44,48H,7,15,17H2,1-6H3,(H,36,47)(H,37,49)(H,38,42)(H,40,46). The van der Waals surface area contributed by atoms with Crippen LogP contribution in [0.2, 0.25) is 0 Å². The smallest absolute Gasteiger partial charge is 0.336 e. The molecule has 0 aliphatic rings. The van der Waals surface area contributed by atoms with E-state index in [1.54, 1.807) is 58.0 Å². The Hall–Kier alpha value is -4.99. The number of carbonyl (C=O) groups excluding carboxylic acids is 4. The van der Waals surface area contributed by atoms with Gasteiger partial charge in [-0.25, -0.2) is 4.79 Å². The van der Waals surface area contributed by atoms with Crippen LogP contribution in [0.15, 0.2) is 57.7 Å². The lowest BCUT2D eigenvalue weighted by Gasteiger charge is -2.31. The first-order chi connectivity index (χ1) is 23.6. The molecule has 0 saturated carbocycles. The van der Waals surface area contributed by atoms with E-state index in [4.69, 9.17) is 4.42 Å². The first-order valence-electron chi connectivity index (χ1n) is 16.4. The number of phenolic OH excluding ortho intramolecular Hbond substituents is 1. The highest BCUT2D eigenvalue weighted by Crippen LogP contribution is 2.21. The second kappa shape index (κ2) is 18.1. The number of rotatable bonds is 17. The van der Waals surface area contributed by atoms with Crippen LogP contribution in [0.1, 0.15) is 52.2 Å². The van der Waals surface area contributed by atoms with E-state index in [0.29, 0.717) is 11.3 Å². The minimum atomic E-state index is -1.35. The Balaban J connectivity index is 1.54. The molecule has 50 heavy (non-hydrogen) atoms. The van der Waals surface area contributed by atoms with Crippen molar-refractivity contribution in [2.24, 2.45) is 5.92 Å². The summed E-state index contributed by atoms with van der Waals surface area (Å²) in [5.41, 5.74) is 1.80. The highest BCUT2D eigenvalue weighted by Gasteiger charge is 2.31. The van der Waals surface area contributed by atoms with Gasteiger partial charge in [0.2, 0.25) is 23.6 Å². The summed E-state index contributed by atoms with van der Waals surface area (Å²) in [5.74, 6) is -2.41. The summed E-state index contributed by atoms with van der Waals surface area (Å²) < 4.78 is 5.23. The molecule has 0 radical (unpaired) electrons. The highest BCUT2D eigenvalue weighted by molar-refractivity contribution is 5.93. The topological polar surface area (TPSA) is 231 Å². The van der Waals surface area contributed by atoms with Gasteiger partial charge in [0.05, 0.1) is 18.6 Å². The Morgan fingerprint density at radius 3 is 2.18 bits per heavy atom. The van der Waals surface area contributed by atoms with E-state index in [2.05, 4.69) is 31.9 Å². The maximum absolute atomic E-state index is 13.3. The fourth-order valence-corrected chi connectivity index (χ4v) is 5.26. The zero-order valence-corrected chi connectivity index (χ0v) is 29.1. The molecule has 1 heterocycles. The third kappa shape index (κ3) is 11.6. The van der Waals surface area contributed by atoms with Gasteiger partial charge in [-0.15, -0.1) is 0 Å². The molecule has 0 saturated heterocycles. The summed E-state index contributed by atoms with van der Waals surface area (Å²) in [4.78, 5) is 62.8. The number of carbonyl (C=O) groups is 4. The van der Waals surface area contributed by atoms with Crippen LogP contribution in [-0.2, 0) is 25.6 Å². The second-order valence-electron chi connectivity index (χ2n) is 12.6. The molecule has 4 amide bonds. The van der Waals surface area contributed by atoms with Crippen LogP contribution >= 0.6 is 0 Å². The summed E-state index contributed by atoms with van der Waals surface area (Å²) in [6, 6.07) is 8.88. The van der Waals surface area contributed by atoms with Crippen LogP contribution in [0.5, 0.6) is 5.75 Å². The number of phenols is 1. The Bertz CT molecular complexity index is 1690. The van der Waals surface area contributed by atoms with E-state index < -0.39 is 60.0 Å². The molecule has 0 bridgehead atoms. The number of aromatic hydroxyl groups is 1. The minimum absolute atomic E-state index is 0.0716. The van der Waals surface area contributed by atoms with Gasteiger partial charge in [-0.05, 0) is 68.0 Å². The van der Waals surface area contributed by atoms with Gasteiger partial charge in [-0.1, -0.05) is 32.9 Å². The summed E-state index contributed by atoms with van der Waals surface area (Å²) in [7, 11) is 0. The molecule has 0 spiro atoms. The molecule has 0 fully saturated rings. The van der Waals surface area contributed by atoms with E-state index in [1.165, 1.54) is 32.0 Å². The van der Waals surface area contributed by atoms with Crippen molar-refractivity contribution in [1.82, 2.24) is 26.6 Å². The van der Waals surface area contributed by atoms with Gasteiger partial charge in [-0.2, -0.15) is 0 Å². The lowest BCUT2D eigenvalue weighted by molar-refractivity contribution is -0.133. The van der Waals surface area contributed by atoms with Crippen LogP contribution in [0.3, 0.4) is 0 Å². The SMILES string of the molecule is CCC(NC(=O)C(C)NC(=O)C(NC(O)C(Cc1ccc(O)cc1)NC(C)=O)C(C)C)C(=O)NCC(O)Nc1ccc2c(C)cc(=O)oc2c1. The number of hydrogen-bond donors (Lipinski definition) is 9. The Kier molecular flexibility index (Phi) is 14.3. The number of fused-ring (bicyclic) bond motifs is 1. The van der Waals surface area contributed by atoms with Crippen LogP contribution < -0.4 is 37.5 Å². The molecular formula is C35H48N6O9. The number of aliphatic hydroxyl groups excluding tert-OH is 2. The van der Waals surface area contributed by atoms with Gasteiger partial charge in [0.25, 0.3) is 0 Å². The van der Waals surface area contributed by atoms with E-state index >= 15 is 0 Å². The summed E-state index contributed by atoms with van der Waals surface area (Å²) in [6.45, 7) is 9.54. The minimum Gasteiger partial charge on any atom is -0.508 e.